The van der Waals surface area contributed by atoms with Crippen molar-refractivity contribution in [3.63, 3.8) is 0 Å². The average molecular weight is 827 g/mol. The SMILES string of the molecule is C.CC(C)N1CC(F)(F)C1.CC(C)N1CCC(F)(F)CC1.CC(C)N1CCCCC1.CC(C)N1CCCCC1.CC(C)N1CC[C@@](C)(F)C1.CC1CN(C(C)C)C1. The Bertz CT molecular complexity index is 950. The van der Waals surface area contributed by atoms with E-state index in [-0.39, 0.29) is 39.4 Å². The molecular formula is C46H95F5N6. The van der Waals surface area contributed by atoms with Crippen LogP contribution in [0.5, 0.6) is 0 Å². The van der Waals surface area contributed by atoms with Crippen molar-refractivity contribution in [3.05, 3.63) is 0 Å². The van der Waals surface area contributed by atoms with Gasteiger partial charge < -0.3 is 19.6 Å². The Kier molecular flexibility index (Phi) is 27.1. The van der Waals surface area contributed by atoms with Gasteiger partial charge in [0.2, 0.25) is 0 Å². The molecule has 6 heterocycles. The molecule has 0 saturated carbocycles. The van der Waals surface area contributed by atoms with Gasteiger partial charge in [0.05, 0.1) is 13.1 Å². The minimum Gasteiger partial charge on any atom is -0.301 e. The van der Waals surface area contributed by atoms with E-state index in [1.54, 1.807) is 11.8 Å². The van der Waals surface area contributed by atoms with Crippen molar-refractivity contribution in [1.29, 1.82) is 0 Å². The van der Waals surface area contributed by atoms with Crippen molar-refractivity contribution in [2.75, 3.05) is 78.5 Å². The molecule has 0 bridgehead atoms. The van der Waals surface area contributed by atoms with Crippen LogP contribution in [0, 0.1) is 5.92 Å². The van der Waals surface area contributed by atoms with Crippen molar-refractivity contribution >= 4 is 0 Å². The van der Waals surface area contributed by atoms with Gasteiger partial charge in [-0.15, -0.1) is 0 Å². The van der Waals surface area contributed by atoms with Crippen molar-refractivity contribution in [2.45, 2.75) is 216 Å². The van der Waals surface area contributed by atoms with Crippen LogP contribution in [0.25, 0.3) is 0 Å². The molecule has 0 N–H and O–H groups in total. The fourth-order valence-corrected chi connectivity index (χ4v) is 7.72. The zero-order valence-electron chi connectivity index (χ0n) is 39.0. The van der Waals surface area contributed by atoms with Gasteiger partial charge in [-0.2, -0.15) is 0 Å². The maximum Gasteiger partial charge on any atom is 0.272 e. The van der Waals surface area contributed by atoms with Gasteiger partial charge in [0.25, 0.3) is 11.8 Å². The van der Waals surface area contributed by atoms with E-state index in [1.165, 1.54) is 77.8 Å². The van der Waals surface area contributed by atoms with Gasteiger partial charge in [0, 0.05) is 88.4 Å². The lowest BCUT2D eigenvalue weighted by atomic mass is 10.0. The molecule has 6 saturated heterocycles. The minimum atomic E-state index is -2.40. The van der Waals surface area contributed by atoms with Crippen LogP contribution in [0.2, 0.25) is 0 Å². The van der Waals surface area contributed by atoms with Crippen LogP contribution in [0.4, 0.5) is 22.0 Å². The number of rotatable bonds is 6. The summed E-state index contributed by atoms with van der Waals surface area (Å²) in [5.74, 6) is -3.84. The molecule has 0 aromatic carbocycles. The Labute approximate surface area is 351 Å². The van der Waals surface area contributed by atoms with Crippen molar-refractivity contribution < 1.29 is 22.0 Å². The molecule has 1 atom stereocenters. The van der Waals surface area contributed by atoms with E-state index in [4.69, 9.17) is 0 Å². The molecule has 6 rings (SSSR count). The third-order valence-corrected chi connectivity index (χ3v) is 12.1. The number of nitrogens with zero attached hydrogens (tertiary/aromatic N) is 6. The maximum absolute atomic E-state index is 13.2. The molecule has 57 heavy (non-hydrogen) atoms. The van der Waals surface area contributed by atoms with E-state index < -0.39 is 17.5 Å². The molecule has 0 amide bonds. The standard InChI is InChI=1S/C8H15F2N.C8H16FN.2C8H17N.C7H15N.C6H11F2N.CH4/c1-7(2)11-5-3-8(9,10)4-6-11;1-7(2)10-5-4-8(3,9)6-10;2*1-8(2)9-6-4-3-5-7-9;1-6(2)8-4-7(3)5-8;1-5(2)9-3-6(7,8)4-9;/h7H,3-6H2,1-2H3;7H,4-6H2,1-3H3;2*8H,3-7H2,1-2H3;6-7H,4-5H2,1-3H3;5H,3-4H2,1-2H3;1H4/t;8-;;;;;/m.1...../s1. The molecule has 6 aliphatic heterocycles. The highest BCUT2D eigenvalue weighted by molar-refractivity contribution is 4.89. The van der Waals surface area contributed by atoms with E-state index >= 15 is 0 Å². The number of hydrogen-bond acceptors (Lipinski definition) is 6. The normalized spacial score (nSPS) is 26.1. The second kappa shape index (κ2) is 27.4. The van der Waals surface area contributed by atoms with Gasteiger partial charge in [0.1, 0.15) is 5.67 Å². The highest BCUT2D eigenvalue weighted by Gasteiger charge is 2.44. The first-order chi connectivity index (χ1) is 25.8. The maximum atomic E-state index is 13.2. The fourth-order valence-electron chi connectivity index (χ4n) is 7.72. The Morgan fingerprint density at radius 1 is 0.386 bits per heavy atom. The summed E-state index contributed by atoms with van der Waals surface area (Å²) in [4.78, 5) is 13.6. The highest BCUT2D eigenvalue weighted by Crippen LogP contribution is 2.29. The summed E-state index contributed by atoms with van der Waals surface area (Å²) < 4.78 is 62.6. The van der Waals surface area contributed by atoms with E-state index in [0.29, 0.717) is 38.1 Å². The summed E-state index contributed by atoms with van der Waals surface area (Å²) in [7, 11) is 0. The molecule has 0 unspecified atom stereocenters. The first kappa shape index (κ1) is 56.4. The second-order valence-corrected chi connectivity index (χ2v) is 19.6. The molecule has 0 aliphatic carbocycles. The smallest absolute Gasteiger partial charge is 0.272 e. The lowest BCUT2D eigenvalue weighted by molar-refractivity contribution is -0.141. The minimum absolute atomic E-state index is 0. The molecule has 0 spiro atoms. The molecule has 0 aromatic heterocycles. The lowest BCUT2D eigenvalue weighted by Gasteiger charge is -2.41. The van der Waals surface area contributed by atoms with Crippen LogP contribution >= 0.6 is 0 Å². The van der Waals surface area contributed by atoms with Gasteiger partial charge in [-0.25, -0.2) is 22.0 Å². The number of piperidine rings is 3. The summed E-state index contributed by atoms with van der Waals surface area (Å²) in [5, 5.41) is 0. The van der Waals surface area contributed by atoms with Crippen LogP contribution in [0.15, 0.2) is 0 Å². The van der Waals surface area contributed by atoms with Crippen LogP contribution in [-0.4, -0.2) is 162 Å². The molecule has 344 valence electrons. The summed E-state index contributed by atoms with van der Waals surface area (Å²) in [5.41, 5.74) is -0.926. The monoisotopic (exact) mass is 827 g/mol. The zero-order chi connectivity index (χ0) is 42.9. The van der Waals surface area contributed by atoms with Crippen molar-refractivity contribution in [1.82, 2.24) is 29.4 Å². The Morgan fingerprint density at radius 2 is 0.702 bits per heavy atom. The molecule has 6 nitrogen and oxygen atoms in total. The predicted octanol–water partition coefficient (Wildman–Crippen LogP) is 11.0. The number of likely N-dealkylation sites (tertiary alicyclic amines) is 6. The van der Waals surface area contributed by atoms with Gasteiger partial charge in [-0.05, 0) is 154 Å². The highest BCUT2D eigenvalue weighted by atomic mass is 19.3. The van der Waals surface area contributed by atoms with Crippen LogP contribution in [-0.2, 0) is 0 Å². The molecule has 6 fully saturated rings. The summed E-state index contributed by atoms with van der Waals surface area (Å²) in [6.45, 7) is 40.3. The molecular weight excluding hydrogens is 732 g/mol. The number of halogens is 5. The quantitative estimate of drug-likeness (QED) is 0.247. The average Bonchev–Trinajstić information content (AvgIpc) is 3.47. The number of alkyl halides is 5. The largest absolute Gasteiger partial charge is 0.301 e. The zero-order valence-corrected chi connectivity index (χ0v) is 39.0. The van der Waals surface area contributed by atoms with Gasteiger partial charge in [0.15, 0.2) is 0 Å². The van der Waals surface area contributed by atoms with Gasteiger partial charge >= 0.3 is 0 Å². The van der Waals surface area contributed by atoms with E-state index in [1.807, 2.05) is 27.7 Å². The fraction of sp³-hybridized carbons (Fsp3) is 1.00. The van der Waals surface area contributed by atoms with Crippen molar-refractivity contribution in [2.24, 2.45) is 5.92 Å². The van der Waals surface area contributed by atoms with E-state index in [0.717, 1.165) is 30.6 Å². The topological polar surface area (TPSA) is 19.4 Å². The van der Waals surface area contributed by atoms with E-state index in [2.05, 4.69) is 86.8 Å². The Balaban J connectivity index is 0.000000659. The third kappa shape index (κ3) is 24.4. The molecule has 0 aromatic rings. The third-order valence-electron chi connectivity index (χ3n) is 12.1. The summed E-state index contributed by atoms with van der Waals surface area (Å²) in [6, 6.07) is 3.48. The molecule has 0 radical (unpaired) electrons. The lowest BCUT2D eigenvalue weighted by Crippen LogP contribution is -2.58. The van der Waals surface area contributed by atoms with Crippen LogP contribution in [0.1, 0.15) is 162 Å². The van der Waals surface area contributed by atoms with Gasteiger partial charge in [-0.3, -0.25) is 9.80 Å². The predicted molar refractivity (Wildman–Crippen MR) is 237 cm³/mol. The molecule has 11 heteroatoms. The number of hydrogen-bond donors (Lipinski definition) is 0. The first-order valence-corrected chi connectivity index (χ1v) is 22.7. The Morgan fingerprint density at radius 3 is 0.895 bits per heavy atom. The summed E-state index contributed by atoms with van der Waals surface area (Å²) in [6.07, 6.45) is 9.32. The van der Waals surface area contributed by atoms with Crippen molar-refractivity contribution in [3.8, 4) is 0 Å². The second-order valence-electron chi connectivity index (χ2n) is 19.6. The first-order valence-electron chi connectivity index (χ1n) is 22.7. The van der Waals surface area contributed by atoms with Crippen LogP contribution in [0.3, 0.4) is 0 Å². The summed E-state index contributed by atoms with van der Waals surface area (Å²) >= 11 is 0. The van der Waals surface area contributed by atoms with E-state index in [9.17, 15) is 22.0 Å². The molecule has 6 aliphatic rings. The Hall–Kier alpha value is -0.590. The van der Waals surface area contributed by atoms with Gasteiger partial charge in [-0.1, -0.05) is 27.2 Å². The van der Waals surface area contributed by atoms with Crippen LogP contribution < -0.4 is 0 Å².